The summed E-state index contributed by atoms with van der Waals surface area (Å²) in [6.07, 6.45) is 5.04. The van der Waals surface area contributed by atoms with Gasteiger partial charge in [0.2, 0.25) is 0 Å². The van der Waals surface area contributed by atoms with Gasteiger partial charge in [0.05, 0.1) is 18.1 Å². The summed E-state index contributed by atoms with van der Waals surface area (Å²) in [4.78, 5) is 23.1. The molecule has 1 aliphatic rings. The number of hydrogen-bond donors (Lipinski definition) is 4. The molecule has 1 saturated heterocycles. The number of aromatic nitrogens is 4. The molecule has 0 aliphatic carbocycles. The fourth-order valence-corrected chi connectivity index (χ4v) is 3.25. The largest absolute Gasteiger partial charge is 0.444 e. The summed E-state index contributed by atoms with van der Waals surface area (Å²) in [7, 11) is 1.80. The molecule has 0 spiro atoms. The molecule has 2 atom stereocenters. The minimum Gasteiger partial charge on any atom is -0.444 e. The molecule has 1 aliphatic heterocycles. The van der Waals surface area contributed by atoms with Gasteiger partial charge in [-0.2, -0.15) is 5.10 Å². The number of hydrogen-bond acceptors (Lipinski definition) is 9. The van der Waals surface area contributed by atoms with Crippen LogP contribution in [0, 0.1) is 0 Å². The molecule has 0 saturated carbocycles. The molecule has 11 heteroatoms. The molecule has 2 aromatic rings. The van der Waals surface area contributed by atoms with E-state index in [0.29, 0.717) is 23.9 Å². The van der Waals surface area contributed by atoms with E-state index in [1.807, 2.05) is 25.7 Å². The summed E-state index contributed by atoms with van der Waals surface area (Å²) in [6.45, 7) is 6.85. The van der Waals surface area contributed by atoms with Gasteiger partial charge in [-0.15, -0.1) is 0 Å². The van der Waals surface area contributed by atoms with E-state index in [4.69, 9.17) is 10.5 Å². The van der Waals surface area contributed by atoms with E-state index < -0.39 is 17.9 Å². The van der Waals surface area contributed by atoms with Crippen molar-refractivity contribution in [1.82, 2.24) is 25.1 Å². The van der Waals surface area contributed by atoms with Crippen molar-refractivity contribution < 1.29 is 14.6 Å². The van der Waals surface area contributed by atoms with Crippen LogP contribution < -0.4 is 21.3 Å². The molecule has 5 N–H and O–H groups in total. The molecule has 0 radical (unpaired) electrons. The number of nitrogens with zero attached hydrogens (tertiary/aromatic N) is 5. The van der Waals surface area contributed by atoms with Crippen LogP contribution in [-0.2, 0) is 11.8 Å². The molecular formula is C19H30N8O3. The molecule has 3 rings (SSSR count). The summed E-state index contributed by atoms with van der Waals surface area (Å²) in [5, 5.41) is 20.0. The first-order valence-corrected chi connectivity index (χ1v) is 9.91. The highest BCUT2D eigenvalue weighted by Crippen LogP contribution is 2.25. The second-order valence-electron chi connectivity index (χ2n) is 8.37. The summed E-state index contributed by atoms with van der Waals surface area (Å²) >= 11 is 0. The quantitative estimate of drug-likeness (QED) is 0.530. The Balaban J connectivity index is 1.74. The van der Waals surface area contributed by atoms with Gasteiger partial charge in [-0.05, 0) is 33.6 Å². The summed E-state index contributed by atoms with van der Waals surface area (Å²) < 4.78 is 7.00. The molecular weight excluding hydrogens is 388 g/mol. The Morgan fingerprint density at radius 3 is 2.80 bits per heavy atom. The van der Waals surface area contributed by atoms with E-state index in [1.54, 1.807) is 30.3 Å². The lowest BCUT2D eigenvalue weighted by Crippen LogP contribution is -2.49. The predicted octanol–water partition coefficient (Wildman–Crippen LogP) is 1.40. The lowest BCUT2D eigenvalue weighted by molar-refractivity contribution is 0.0500. The Bertz CT molecular complexity index is 877. The van der Waals surface area contributed by atoms with Crippen molar-refractivity contribution in [3.63, 3.8) is 0 Å². The van der Waals surface area contributed by atoms with Crippen molar-refractivity contribution in [2.45, 2.75) is 51.5 Å². The third-order valence-electron chi connectivity index (χ3n) is 4.50. The highest BCUT2D eigenvalue weighted by atomic mass is 16.6. The molecule has 0 aromatic carbocycles. The highest BCUT2D eigenvalue weighted by Gasteiger charge is 2.26. The van der Waals surface area contributed by atoms with Crippen molar-refractivity contribution in [1.29, 1.82) is 0 Å². The molecule has 1 amide bonds. The van der Waals surface area contributed by atoms with Crippen LogP contribution in [0.2, 0.25) is 0 Å². The number of aliphatic hydroxyl groups excluding tert-OH is 1. The lowest BCUT2D eigenvalue weighted by Gasteiger charge is -2.34. The van der Waals surface area contributed by atoms with Gasteiger partial charge in [0.1, 0.15) is 23.3 Å². The zero-order valence-electron chi connectivity index (χ0n) is 17.8. The van der Waals surface area contributed by atoms with Gasteiger partial charge in [0.25, 0.3) is 0 Å². The Hall–Kier alpha value is -2.92. The third-order valence-corrected chi connectivity index (χ3v) is 4.50. The third kappa shape index (κ3) is 5.80. The molecule has 1 fully saturated rings. The van der Waals surface area contributed by atoms with Crippen LogP contribution in [0.5, 0.6) is 0 Å². The number of piperidine rings is 1. The maximum atomic E-state index is 12.1. The van der Waals surface area contributed by atoms with Gasteiger partial charge < -0.3 is 31.1 Å². The van der Waals surface area contributed by atoms with Gasteiger partial charge in [-0.3, -0.25) is 4.68 Å². The zero-order valence-corrected chi connectivity index (χ0v) is 17.8. The Morgan fingerprint density at radius 1 is 1.40 bits per heavy atom. The number of ether oxygens (including phenoxy) is 1. The number of alkyl carbamates (subject to hydrolysis) is 1. The molecule has 3 heterocycles. The zero-order chi connectivity index (χ0) is 21.9. The predicted molar refractivity (Wildman–Crippen MR) is 112 cm³/mol. The molecule has 30 heavy (non-hydrogen) atoms. The van der Waals surface area contributed by atoms with Crippen molar-refractivity contribution in [2.24, 2.45) is 12.8 Å². The summed E-state index contributed by atoms with van der Waals surface area (Å²) in [6, 6.07) is -0.0649. The van der Waals surface area contributed by atoms with E-state index >= 15 is 0 Å². The van der Waals surface area contributed by atoms with Crippen molar-refractivity contribution in [3.8, 4) is 0 Å². The maximum Gasteiger partial charge on any atom is 0.407 e. The van der Waals surface area contributed by atoms with Crippen LogP contribution in [0.3, 0.4) is 0 Å². The second-order valence-corrected chi connectivity index (χ2v) is 8.37. The number of nitrogens with two attached hydrogens (primary N) is 1. The normalized spacial score (nSPS) is 18.1. The topological polar surface area (TPSA) is 143 Å². The van der Waals surface area contributed by atoms with Crippen LogP contribution in [0.15, 0.2) is 18.6 Å². The number of nitrogens with one attached hydrogen (secondary N) is 2. The van der Waals surface area contributed by atoms with E-state index in [-0.39, 0.29) is 11.7 Å². The molecule has 0 bridgehead atoms. The van der Waals surface area contributed by atoms with Crippen molar-refractivity contribution in [2.75, 3.05) is 23.3 Å². The fourth-order valence-electron chi connectivity index (χ4n) is 3.25. The minimum atomic E-state index is -1.27. The lowest BCUT2D eigenvalue weighted by atomic mass is 10.1. The van der Waals surface area contributed by atoms with Crippen LogP contribution in [0.1, 0.15) is 45.5 Å². The average Bonchev–Trinajstić information content (AvgIpc) is 3.04. The van der Waals surface area contributed by atoms with E-state index in [2.05, 4.69) is 25.7 Å². The van der Waals surface area contributed by atoms with Gasteiger partial charge in [0.15, 0.2) is 5.82 Å². The SMILES string of the molecule is Cn1cc(Nc2nc(N3CCCC(NC(=O)OC(C)(C)C)C3)cnc2C(N)O)cn1. The first-order chi connectivity index (χ1) is 14.1. The minimum absolute atomic E-state index is 0.0649. The second kappa shape index (κ2) is 8.84. The van der Waals surface area contributed by atoms with Gasteiger partial charge >= 0.3 is 6.09 Å². The number of carbonyl (C=O) groups is 1. The van der Waals surface area contributed by atoms with E-state index in [1.165, 1.54) is 0 Å². The number of carbonyl (C=O) groups excluding carboxylic acids is 1. The molecule has 11 nitrogen and oxygen atoms in total. The monoisotopic (exact) mass is 418 g/mol. The summed E-state index contributed by atoms with van der Waals surface area (Å²) in [5.74, 6) is 0.985. The highest BCUT2D eigenvalue weighted by molar-refractivity contribution is 5.68. The number of anilines is 3. The van der Waals surface area contributed by atoms with Crippen LogP contribution in [-0.4, -0.2) is 55.7 Å². The summed E-state index contributed by atoms with van der Waals surface area (Å²) in [5.41, 5.74) is 6.04. The van der Waals surface area contributed by atoms with Crippen LogP contribution in [0.25, 0.3) is 0 Å². The number of rotatable bonds is 5. The Labute approximate surface area is 175 Å². The smallest absolute Gasteiger partial charge is 0.407 e. The van der Waals surface area contributed by atoms with Crippen LogP contribution in [0.4, 0.5) is 22.1 Å². The molecule has 2 unspecified atom stereocenters. The fraction of sp³-hybridized carbons (Fsp3) is 0.579. The molecule has 164 valence electrons. The van der Waals surface area contributed by atoms with Gasteiger partial charge in [0, 0.05) is 32.4 Å². The Morgan fingerprint density at radius 2 is 2.17 bits per heavy atom. The van der Waals surface area contributed by atoms with Gasteiger partial charge in [-0.25, -0.2) is 14.8 Å². The number of aryl methyl sites for hydroxylation is 1. The first-order valence-electron chi connectivity index (χ1n) is 9.91. The Kier molecular flexibility index (Phi) is 6.42. The van der Waals surface area contributed by atoms with Crippen molar-refractivity contribution in [3.05, 3.63) is 24.3 Å². The molecule has 2 aromatic heterocycles. The number of aliphatic hydroxyl groups is 1. The van der Waals surface area contributed by atoms with E-state index in [0.717, 1.165) is 19.4 Å². The standard InChI is InChI=1S/C19H30N8O3/c1-19(2,3)30-18(29)24-12-6-5-7-27(11-12)14-9-21-15(16(20)28)17(25-14)23-13-8-22-26(4)10-13/h8-10,12,16,28H,5-7,11,20H2,1-4H3,(H,23,25)(H,24,29). The average molecular weight is 419 g/mol. The van der Waals surface area contributed by atoms with E-state index in [9.17, 15) is 9.90 Å². The van der Waals surface area contributed by atoms with Crippen LogP contribution >= 0.6 is 0 Å². The van der Waals surface area contributed by atoms with Gasteiger partial charge in [-0.1, -0.05) is 0 Å². The number of amides is 1. The first kappa shape index (κ1) is 21.8. The van der Waals surface area contributed by atoms with Crippen molar-refractivity contribution >= 4 is 23.4 Å². The maximum absolute atomic E-state index is 12.1.